The molecule has 0 bridgehead atoms. The number of amides is 1. The zero-order chi connectivity index (χ0) is 13.5. The summed E-state index contributed by atoms with van der Waals surface area (Å²) in [5, 5.41) is 5.76. The number of hydrogen-bond donors (Lipinski definition) is 3. The van der Waals surface area contributed by atoms with Gasteiger partial charge in [0, 0.05) is 0 Å². The van der Waals surface area contributed by atoms with Gasteiger partial charge in [-0.15, -0.1) is 0 Å². The van der Waals surface area contributed by atoms with Gasteiger partial charge in [-0.2, -0.15) is 0 Å². The molecule has 0 fully saturated rings. The van der Waals surface area contributed by atoms with Crippen LogP contribution in [0.1, 0.15) is 6.92 Å². The van der Waals surface area contributed by atoms with Crippen molar-refractivity contribution >= 4 is 30.5 Å². The van der Waals surface area contributed by atoms with Crippen LogP contribution in [-0.2, 0) is 4.79 Å². The molecule has 0 unspecified atom stereocenters. The fourth-order valence-corrected chi connectivity index (χ4v) is 1.40. The number of carbonyl (C=O) groups excluding carboxylic acids is 1. The number of rotatable bonds is 6. The van der Waals surface area contributed by atoms with E-state index in [4.69, 9.17) is 13.2 Å². The minimum absolute atomic E-state index is 0.0931. The molecule has 6 heteroatoms. The van der Waals surface area contributed by atoms with E-state index in [0.717, 1.165) is 11.4 Å². The molecule has 1 aromatic rings. The summed E-state index contributed by atoms with van der Waals surface area (Å²) in [6.07, 6.45) is 0. The van der Waals surface area contributed by atoms with Gasteiger partial charge in [-0.25, -0.2) is 0 Å². The number of benzene rings is 1. The van der Waals surface area contributed by atoms with Crippen molar-refractivity contribution in [3.8, 4) is 0 Å². The van der Waals surface area contributed by atoms with Crippen molar-refractivity contribution in [1.82, 2.24) is 4.90 Å². The van der Waals surface area contributed by atoms with Gasteiger partial charge in [0.25, 0.3) is 0 Å². The standard InChI is InChI=1S/C12H18BN4O/c1-9(18)15-10-3-5-11(6-4-10)16-12(13)17(2)8-7-14/h3-6,16H,7-8,14H2,1-2H3,(H,15,18). The van der Waals surface area contributed by atoms with Gasteiger partial charge in [0.05, 0.1) is 0 Å². The normalized spacial score (nSPS) is 9.67. The first-order valence-corrected chi connectivity index (χ1v) is 5.71. The van der Waals surface area contributed by atoms with E-state index < -0.39 is 0 Å². The van der Waals surface area contributed by atoms with Crippen molar-refractivity contribution in [2.75, 3.05) is 30.8 Å². The molecule has 5 nitrogen and oxygen atoms in total. The molecule has 0 heterocycles. The first kappa shape index (κ1) is 14.2. The molecular weight excluding hydrogens is 227 g/mol. The number of carbonyl (C=O) groups is 1. The van der Waals surface area contributed by atoms with Crippen LogP contribution in [0.3, 0.4) is 0 Å². The summed E-state index contributed by atoms with van der Waals surface area (Å²) in [6.45, 7) is 2.70. The molecular formula is C12H18BN4O. The second kappa shape index (κ2) is 6.81. The van der Waals surface area contributed by atoms with E-state index >= 15 is 0 Å². The Kier molecular flexibility index (Phi) is 5.39. The van der Waals surface area contributed by atoms with Gasteiger partial charge in [0.15, 0.2) is 0 Å². The maximum atomic E-state index is 10.9. The van der Waals surface area contributed by atoms with Crippen molar-refractivity contribution in [3.05, 3.63) is 24.3 Å². The van der Waals surface area contributed by atoms with Gasteiger partial charge in [-0.3, -0.25) is 0 Å². The zero-order valence-electron chi connectivity index (χ0n) is 10.7. The van der Waals surface area contributed by atoms with E-state index in [1.165, 1.54) is 6.92 Å². The van der Waals surface area contributed by atoms with Gasteiger partial charge < -0.3 is 0 Å². The van der Waals surface area contributed by atoms with E-state index in [1.54, 1.807) is 12.1 Å². The van der Waals surface area contributed by atoms with Crippen LogP contribution >= 0.6 is 0 Å². The van der Waals surface area contributed by atoms with Crippen LogP contribution in [0.4, 0.5) is 11.4 Å². The van der Waals surface area contributed by atoms with Crippen molar-refractivity contribution in [2.45, 2.75) is 6.92 Å². The fourth-order valence-electron chi connectivity index (χ4n) is 1.40. The van der Waals surface area contributed by atoms with Crippen LogP contribution in [0.2, 0.25) is 0 Å². The Morgan fingerprint density at radius 1 is 1.28 bits per heavy atom. The fraction of sp³-hybridized carbons (Fsp3) is 0.333. The van der Waals surface area contributed by atoms with Crippen molar-refractivity contribution in [2.24, 2.45) is 5.73 Å². The summed E-state index contributed by atoms with van der Waals surface area (Å²) < 4.78 is 0. The van der Waals surface area contributed by atoms with Gasteiger partial charge in [-0.1, -0.05) is 0 Å². The Balaban J connectivity index is 2.58. The van der Waals surface area contributed by atoms with Crippen LogP contribution in [0, 0.1) is 0 Å². The van der Waals surface area contributed by atoms with Crippen molar-refractivity contribution < 1.29 is 4.79 Å². The number of hydrogen-bond acceptors (Lipinski definition) is 4. The summed E-state index contributed by atoms with van der Waals surface area (Å²) in [4.78, 5) is 12.7. The van der Waals surface area contributed by atoms with Crippen LogP contribution in [0.5, 0.6) is 0 Å². The molecule has 1 aromatic carbocycles. The molecule has 0 aliphatic heterocycles. The molecule has 0 aromatic heterocycles. The Labute approximate surface area is 108 Å². The summed E-state index contributed by atoms with van der Waals surface area (Å²) in [6, 6.07) is 7.29. The number of nitrogens with two attached hydrogens (primary N) is 1. The number of nitrogens with one attached hydrogen (secondary N) is 2. The third-order valence-corrected chi connectivity index (χ3v) is 2.35. The molecule has 1 rings (SSSR count). The summed E-state index contributed by atoms with van der Waals surface area (Å²) in [5.74, 6) is -0.0931. The molecule has 0 aliphatic carbocycles. The molecule has 0 saturated carbocycles. The third kappa shape index (κ3) is 4.59. The zero-order valence-corrected chi connectivity index (χ0v) is 10.7. The predicted molar refractivity (Wildman–Crippen MR) is 76.8 cm³/mol. The van der Waals surface area contributed by atoms with Gasteiger partial charge in [-0.05, 0) is 0 Å². The van der Waals surface area contributed by atoms with Crippen LogP contribution < -0.4 is 16.4 Å². The molecule has 18 heavy (non-hydrogen) atoms. The first-order valence-electron chi connectivity index (χ1n) is 5.71. The van der Waals surface area contributed by atoms with E-state index in [2.05, 4.69) is 10.6 Å². The minimum atomic E-state index is -0.0931. The summed E-state index contributed by atoms with van der Waals surface area (Å²) in [5.41, 5.74) is 7.59. The van der Waals surface area contributed by atoms with Crippen molar-refractivity contribution in [1.29, 1.82) is 0 Å². The second-order valence-electron chi connectivity index (χ2n) is 3.98. The van der Waals surface area contributed by atoms with Crippen LogP contribution in [-0.4, -0.2) is 44.1 Å². The maximum absolute atomic E-state index is 10.9. The Morgan fingerprint density at radius 2 is 1.78 bits per heavy atom. The number of likely N-dealkylation sites (N-methyl/N-ethyl adjacent to an activating group) is 1. The van der Waals surface area contributed by atoms with Crippen LogP contribution in [0.15, 0.2) is 24.3 Å². The molecule has 0 aliphatic rings. The van der Waals surface area contributed by atoms with Crippen LogP contribution in [0.25, 0.3) is 0 Å². The Hall–Kier alpha value is -1.82. The SMILES string of the molecule is [B]=C(Nc1ccc(NC(C)=O)cc1)N(C)CCN. The molecule has 0 saturated heterocycles. The number of nitrogens with zero attached hydrogens (tertiary/aromatic N) is 1. The van der Waals surface area contributed by atoms with Gasteiger partial charge >= 0.3 is 108 Å². The van der Waals surface area contributed by atoms with E-state index in [9.17, 15) is 4.79 Å². The van der Waals surface area contributed by atoms with E-state index in [-0.39, 0.29) is 5.91 Å². The Morgan fingerprint density at radius 3 is 2.22 bits per heavy atom. The first-order chi connectivity index (χ1) is 8.52. The molecule has 0 spiro atoms. The van der Waals surface area contributed by atoms with E-state index in [1.807, 2.05) is 24.1 Å². The topological polar surface area (TPSA) is 70.4 Å². The van der Waals surface area contributed by atoms with E-state index in [0.29, 0.717) is 18.8 Å². The predicted octanol–water partition coefficient (Wildman–Crippen LogP) is 0.203. The molecule has 4 N–H and O–H groups in total. The summed E-state index contributed by atoms with van der Waals surface area (Å²) in [7, 11) is 7.72. The van der Waals surface area contributed by atoms with Crippen molar-refractivity contribution in [3.63, 3.8) is 0 Å². The molecule has 1 radical (unpaired) electrons. The monoisotopic (exact) mass is 245 g/mol. The quantitative estimate of drug-likeness (QED) is 0.626. The third-order valence-electron chi connectivity index (χ3n) is 2.35. The average molecular weight is 245 g/mol. The molecule has 1 amide bonds. The second-order valence-corrected chi connectivity index (χ2v) is 3.98. The average Bonchev–Trinajstić information content (AvgIpc) is 2.31. The number of anilines is 2. The van der Waals surface area contributed by atoms with Gasteiger partial charge in [0.2, 0.25) is 0 Å². The Bertz CT molecular complexity index is 419. The molecule has 95 valence electrons. The van der Waals surface area contributed by atoms with Gasteiger partial charge in [0.1, 0.15) is 0 Å². The summed E-state index contributed by atoms with van der Waals surface area (Å²) >= 11 is 0. The molecule has 0 atom stereocenters.